The summed E-state index contributed by atoms with van der Waals surface area (Å²) in [6.07, 6.45) is -0.116. The van der Waals surface area contributed by atoms with Crippen LogP contribution < -0.4 is 41.8 Å². The fourth-order valence-corrected chi connectivity index (χ4v) is 11.5. The molecule has 4 atom stereocenters. The van der Waals surface area contributed by atoms with E-state index in [0.717, 1.165) is 27.8 Å². The zero-order valence-electron chi connectivity index (χ0n) is 49.6. The van der Waals surface area contributed by atoms with Crippen molar-refractivity contribution in [1.29, 1.82) is 0 Å². The van der Waals surface area contributed by atoms with Crippen LogP contribution in [0.15, 0.2) is 88.8 Å². The Morgan fingerprint density at radius 3 is 2.01 bits per heavy atom. The first-order valence-electron chi connectivity index (χ1n) is 28.2. The molecule has 4 aromatic carbocycles. The number of hydrogen-bond donors (Lipinski definition) is 8. The maximum atomic E-state index is 14.2. The highest BCUT2D eigenvalue weighted by Crippen LogP contribution is 2.45. The van der Waals surface area contributed by atoms with Gasteiger partial charge in [-0.3, -0.25) is 24.2 Å². The number of alkyl carbamates (subject to hydrolysis) is 1. The molecular weight excluding hydrogens is 1100 g/mol. The smallest absolute Gasteiger partial charge is 0.407 e. The zero-order valence-corrected chi connectivity index (χ0v) is 50.5. The van der Waals surface area contributed by atoms with Crippen LogP contribution in [0.25, 0.3) is 11.1 Å². The quantitative estimate of drug-likeness (QED) is 0.0201. The zero-order chi connectivity index (χ0) is 61.5. The Morgan fingerprint density at radius 1 is 0.774 bits per heavy atom. The Bertz CT molecular complexity index is 3100. The van der Waals surface area contributed by atoms with Crippen LogP contribution in [-0.2, 0) is 65.8 Å². The third-order valence-corrected chi connectivity index (χ3v) is 15.9. The van der Waals surface area contributed by atoms with E-state index in [1.54, 1.807) is 85.7 Å². The number of carboxylic acids is 1. The lowest BCUT2D eigenvalue weighted by Gasteiger charge is -2.29. The summed E-state index contributed by atoms with van der Waals surface area (Å²) in [6.45, 7) is 17.1. The van der Waals surface area contributed by atoms with Gasteiger partial charge in [-0.05, 0) is 119 Å². The number of rotatable bonds is 29. The summed E-state index contributed by atoms with van der Waals surface area (Å²) in [7, 11) is -4.23. The summed E-state index contributed by atoms with van der Waals surface area (Å²) >= 11 is 0. The first-order valence-corrected chi connectivity index (χ1v) is 29.6. The van der Waals surface area contributed by atoms with Crippen LogP contribution in [0.1, 0.15) is 106 Å². The van der Waals surface area contributed by atoms with E-state index in [1.807, 2.05) is 50.2 Å². The monoisotopic (exact) mass is 1180 g/mol. The molecule has 0 aromatic heterocycles. The molecule has 0 bridgehead atoms. The van der Waals surface area contributed by atoms with Gasteiger partial charge in [0.25, 0.3) is 10.0 Å². The number of aliphatic carboxylic acids is 1. The van der Waals surface area contributed by atoms with Crippen molar-refractivity contribution in [2.45, 2.75) is 141 Å². The molecule has 5 amide bonds. The van der Waals surface area contributed by atoms with Gasteiger partial charge < -0.3 is 61.1 Å². The molecule has 6 rings (SSSR count). The average Bonchev–Trinajstić information content (AvgIpc) is 4.07. The van der Waals surface area contributed by atoms with Gasteiger partial charge in [0.1, 0.15) is 48.7 Å². The minimum Gasteiger partial charge on any atom is -0.487 e. The highest BCUT2D eigenvalue weighted by Gasteiger charge is 2.38. The molecule has 0 unspecified atom stereocenters. The van der Waals surface area contributed by atoms with Gasteiger partial charge >= 0.3 is 12.1 Å². The van der Waals surface area contributed by atoms with Crippen molar-refractivity contribution in [3.8, 4) is 16.9 Å². The van der Waals surface area contributed by atoms with E-state index in [1.165, 1.54) is 0 Å². The van der Waals surface area contributed by atoms with Gasteiger partial charge in [-0.1, -0.05) is 92.7 Å². The molecule has 9 N–H and O–H groups in total. The Balaban J connectivity index is 1.05. The lowest BCUT2D eigenvalue weighted by Crippen LogP contribution is -2.60. The average molecular weight is 1180 g/mol. The number of fused-ring (bicyclic) bond motifs is 4. The molecule has 1 aliphatic carbocycles. The van der Waals surface area contributed by atoms with E-state index in [9.17, 15) is 42.3 Å². The number of nitrogens with zero attached hydrogens (tertiary/aromatic N) is 1. The number of nitrogens with one attached hydrogen (secondary N) is 6. The number of aliphatic imine (C=N–C) groups is 1. The molecule has 456 valence electrons. The second-order valence-electron chi connectivity index (χ2n) is 22.9. The highest BCUT2D eigenvalue weighted by atomic mass is 32.2. The predicted octanol–water partition coefficient (Wildman–Crippen LogP) is 5.01. The second kappa shape index (κ2) is 29.3. The van der Waals surface area contributed by atoms with E-state index in [4.69, 9.17) is 29.4 Å². The number of ether oxygens (including phenoxy) is 5. The van der Waals surface area contributed by atoms with Crippen LogP contribution in [-0.4, -0.2) is 143 Å². The summed E-state index contributed by atoms with van der Waals surface area (Å²) in [5, 5.41) is 23.2. The van der Waals surface area contributed by atoms with Gasteiger partial charge in [0, 0.05) is 37.4 Å². The number of carboxylic acid groups (broad SMARTS) is 1. The fourth-order valence-electron chi connectivity index (χ4n) is 10.0. The van der Waals surface area contributed by atoms with E-state index in [2.05, 4.69) is 48.4 Å². The summed E-state index contributed by atoms with van der Waals surface area (Å²) in [6, 6.07) is 19.4. The topological polar surface area (TPSA) is 314 Å². The molecule has 22 nitrogen and oxygen atoms in total. The Morgan fingerprint density at radius 2 is 1.38 bits per heavy atom. The van der Waals surface area contributed by atoms with Crippen molar-refractivity contribution in [2.75, 3.05) is 52.7 Å². The molecule has 1 aliphatic heterocycles. The number of sulfonamides is 1. The summed E-state index contributed by atoms with van der Waals surface area (Å²) in [4.78, 5) is 84.9. The molecular formula is C61H82N8O14S. The van der Waals surface area contributed by atoms with Crippen molar-refractivity contribution < 1.29 is 66.0 Å². The minimum absolute atomic E-state index is 0.0301. The molecule has 0 fully saturated rings. The molecule has 23 heteroatoms. The van der Waals surface area contributed by atoms with Gasteiger partial charge in [0.05, 0.1) is 36.9 Å². The lowest BCUT2D eigenvalue weighted by molar-refractivity contribution is -0.143. The SMILES string of the molecule is Cc1c(C)c(S(=O)(=O)NC(N)=NCCC[C@H](NC(=O)COCCOCCNC(=O)OCC2c3ccccc3-c3ccccc32)C(=O)N[C@H](C(=O)N[C@@H](COC(C)(C)C)C(=O)N[C@@H](Cc2ccccc2)C(=O)O)C(C)C)c(C)c2c1OC(C)(C)C2. The normalized spacial score (nSPS) is 15.1. The maximum Gasteiger partial charge on any atom is 0.407 e. The van der Waals surface area contributed by atoms with Crippen molar-refractivity contribution in [3.63, 3.8) is 0 Å². The molecule has 2 aliphatic rings. The molecule has 84 heavy (non-hydrogen) atoms. The van der Waals surface area contributed by atoms with Crippen LogP contribution in [0.5, 0.6) is 5.75 Å². The number of guanidine groups is 1. The third-order valence-electron chi connectivity index (χ3n) is 14.3. The van der Waals surface area contributed by atoms with Crippen LogP contribution in [0, 0.1) is 26.7 Å². The first kappa shape index (κ1) is 65.6. The number of carbonyl (C=O) groups excluding carboxylic acids is 5. The fraction of sp³-hybridized carbons (Fsp3) is 0.492. The van der Waals surface area contributed by atoms with Crippen LogP contribution in [0.2, 0.25) is 0 Å². The molecule has 0 radical (unpaired) electrons. The molecule has 0 saturated carbocycles. The standard InChI is InChI=1S/C61H82N8O14S/c1-36(2)51(56(73)67-49(34-82-60(6,7)8)55(72)66-48(57(74)75)31-40-19-12-11-13-20-40)68-54(71)47(25-18-26-63-58(62)69-84(77,78)53-38(4)37(3)52-45(39(53)5)32-61(9,10)83-52)65-50(70)35-80-30-29-79-28-27-64-59(76)81-33-46-43-23-16-14-21-41(43)42-22-15-17-24-44(42)46/h11-17,19-24,36,46-49,51H,18,25-35H2,1-10H3,(H,64,76)(H,65,70)(H,66,72)(H,67,73)(H,68,71)(H,74,75)(H3,62,63,69)/t47-,48-,49-,51-/m0/s1. The Labute approximate surface area is 492 Å². The van der Waals surface area contributed by atoms with Crippen molar-refractivity contribution in [2.24, 2.45) is 16.6 Å². The van der Waals surface area contributed by atoms with Gasteiger partial charge in [-0.25, -0.2) is 22.7 Å². The highest BCUT2D eigenvalue weighted by molar-refractivity contribution is 7.90. The molecule has 0 spiro atoms. The first-order chi connectivity index (χ1) is 39.7. The Hall–Kier alpha value is -7.60. The van der Waals surface area contributed by atoms with Gasteiger partial charge in [-0.2, -0.15) is 0 Å². The predicted molar refractivity (Wildman–Crippen MR) is 316 cm³/mol. The van der Waals surface area contributed by atoms with Crippen LogP contribution in [0.3, 0.4) is 0 Å². The van der Waals surface area contributed by atoms with E-state index in [0.29, 0.717) is 34.4 Å². The number of nitrogens with two attached hydrogens (primary N) is 1. The summed E-state index contributed by atoms with van der Waals surface area (Å²) < 4.78 is 58.9. The maximum absolute atomic E-state index is 14.2. The van der Waals surface area contributed by atoms with Gasteiger partial charge in [0.2, 0.25) is 29.6 Å². The Kier molecular flexibility index (Phi) is 22.8. The number of carbonyl (C=O) groups is 6. The van der Waals surface area contributed by atoms with Crippen LogP contribution in [0.4, 0.5) is 4.79 Å². The number of hydrogen-bond acceptors (Lipinski definition) is 14. The summed E-state index contributed by atoms with van der Waals surface area (Å²) in [5.41, 5.74) is 12.5. The van der Waals surface area contributed by atoms with Gasteiger partial charge in [0.15, 0.2) is 0 Å². The largest absolute Gasteiger partial charge is 0.487 e. The third kappa shape index (κ3) is 18.2. The van der Waals surface area contributed by atoms with E-state index < -0.39 is 99.6 Å². The van der Waals surface area contributed by atoms with Gasteiger partial charge in [-0.15, -0.1) is 0 Å². The second-order valence-corrected chi connectivity index (χ2v) is 24.5. The van der Waals surface area contributed by atoms with Crippen molar-refractivity contribution >= 4 is 51.7 Å². The van der Waals surface area contributed by atoms with E-state index in [-0.39, 0.29) is 76.2 Å². The van der Waals surface area contributed by atoms with Crippen molar-refractivity contribution in [1.82, 2.24) is 31.3 Å². The minimum atomic E-state index is -4.23. The lowest BCUT2D eigenvalue weighted by atomic mass is 9.94. The summed E-state index contributed by atoms with van der Waals surface area (Å²) in [5.74, 6) is -4.82. The van der Waals surface area contributed by atoms with Crippen LogP contribution >= 0.6 is 0 Å². The molecule has 1 heterocycles. The number of benzene rings is 4. The number of amides is 5. The van der Waals surface area contributed by atoms with E-state index >= 15 is 0 Å². The van der Waals surface area contributed by atoms with Crippen molar-refractivity contribution in [3.05, 3.63) is 118 Å². The molecule has 0 saturated heterocycles. The molecule has 4 aromatic rings.